The minimum atomic E-state index is -1.37. The number of hydrogen-bond acceptors (Lipinski definition) is 3. The van der Waals surface area contributed by atoms with E-state index in [0.717, 1.165) is 16.0 Å². The van der Waals surface area contributed by atoms with Crippen molar-refractivity contribution < 1.29 is 18.8 Å². The average molecular weight is 445 g/mol. The highest BCUT2D eigenvalue weighted by Gasteiger charge is 2.49. The van der Waals surface area contributed by atoms with Gasteiger partial charge in [-0.3, -0.25) is 14.5 Å². The zero-order chi connectivity index (χ0) is 23.6. The van der Waals surface area contributed by atoms with Gasteiger partial charge in [-0.05, 0) is 35.7 Å². The molecule has 0 aromatic heterocycles. The standard InChI is InChI=1S/C26H24FN3O3/c1-26(20-13-15-21(27)16-14-20)24(32)30(25(33)28-26)17-22(31)29(2)23(18-9-5-3-6-10-18)19-11-7-4-8-12-19/h3-16,23H,17H2,1-2H3,(H,28,33). The Bertz CT molecular complexity index is 1130. The molecule has 168 valence electrons. The van der Waals surface area contributed by atoms with Crippen LogP contribution in [-0.4, -0.2) is 41.2 Å². The van der Waals surface area contributed by atoms with Crippen molar-refractivity contribution in [2.75, 3.05) is 13.6 Å². The van der Waals surface area contributed by atoms with Crippen molar-refractivity contribution in [3.8, 4) is 0 Å². The van der Waals surface area contributed by atoms with Crippen molar-refractivity contribution in [2.24, 2.45) is 0 Å². The van der Waals surface area contributed by atoms with E-state index in [0.29, 0.717) is 5.56 Å². The highest BCUT2D eigenvalue weighted by atomic mass is 19.1. The number of nitrogens with one attached hydrogen (secondary N) is 1. The average Bonchev–Trinajstić information content (AvgIpc) is 3.04. The van der Waals surface area contributed by atoms with Crippen LogP contribution >= 0.6 is 0 Å². The number of imide groups is 1. The molecule has 1 saturated heterocycles. The number of carbonyl (C=O) groups is 3. The third kappa shape index (κ3) is 4.22. The van der Waals surface area contributed by atoms with Gasteiger partial charge in [0.25, 0.3) is 5.91 Å². The maximum Gasteiger partial charge on any atom is 0.325 e. The second-order valence-corrected chi connectivity index (χ2v) is 8.18. The normalized spacial score (nSPS) is 17.9. The molecule has 1 heterocycles. The summed E-state index contributed by atoms with van der Waals surface area (Å²) in [6.45, 7) is 1.14. The predicted octanol–water partition coefficient (Wildman–Crippen LogP) is 3.84. The quantitative estimate of drug-likeness (QED) is 0.586. The maximum absolute atomic E-state index is 13.3. The Hall–Kier alpha value is -4.00. The van der Waals surface area contributed by atoms with Crippen LogP contribution in [0.2, 0.25) is 0 Å². The van der Waals surface area contributed by atoms with Gasteiger partial charge in [-0.1, -0.05) is 72.8 Å². The van der Waals surface area contributed by atoms with E-state index >= 15 is 0 Å². The number of nitrogens with zero attached hydrogens (tertiary/aromatic N) is 2. The SMILES string of the molecule is CN(C(=O)CN1C(=O)NC(C)(c2ccc(F)cc2)C1=O)C(c1ccccc1)c1ccccc1. The Morgan fingerprint density at radius 3 is 1.97 bits per heavy atom. The first kappa shape index (κ1) is 22.2. The Kier molecular flexibility index (Phi) is 5.96. The van der Waals surface area contributed by atoms with E-state index in [-0.39, 0.29) is 11.9 Å². The number of benzene rings is 3. The third-order valence-corrected chi connectivity index (χ3v) is 6.00. The van der Waals surface area contributed by atoms with E-state index < -0.39 is 29.8 Å². The van der Waals surface area contributed by atoms with Crippen LogP contribution in [0, 0.1) is 5.82 Å². The Morgan fingerprint density at radius 1 is 0.939 bits per heavy atom. The summed E-state index contributed by atoms with van der Waals surface area (Å²) in [6.07, 6.45) is 0. The summed E-state index contributed by atoms with van der Waals surface area (Å²) in [7, 11) is 1.66. The van der Waals surface area contributed by atoms with Gasteiger partial charge < -0.3 is 10.2 Å². The summed E-state index contributed by atoms with van der Waals surface area (Å²) in [5, 5.41) is 2.65. The molecule has 0 saturated carbocycles. The van der Waals surface area contributed by atoms with Crippen LogP contribution in [0.4, 0.5) is 9.18 Å². The van der Waals surface area contributed by atoms with Crippen molar-refractivity contribution in [3.63, 3.8) is 0 Å². The summed E-state index contributed by atoms with van der Waals surface area (Å²) in [4.78, 5) is 41.6. The lowest BCUT2D eigenvalue weighted by Crippen LogP contribution is -2.44. The van der Waals surface area contributed by atoms with Crippen LogP contribution in [0.1, 0.15) is 29.7 Å². The highest BCUT2D eigenvalue weighted by Crippen LogP contribution is 2.31. The maximum atomic E-state index is 13.3. The summed E-state index contributed by atoms with van der Waals surface area (Å²) < 4.78 is 13.3. The van der Waals surface area contributed by atoms with E-state index in [4.69, 9.17) is 0 Å². The molecule has 0 radical (unpaired) electrons. The summed E-state index contributed by atoms with van der Waals surface area (Å²) in [5.74, 6) is -1.39. The molecule has 1 aliphatic rings. The number of urea groups is 1. The zero-order valence-electron chi connectivity index (χ0n) is 18.4. The first-order valence-corrected chi connectivity index (χ1v) is 10.6. The molecular formula is C26H24FN3O3. The second kappa shape index (κ2) is 8.86. The minimum absolute atomic E-state index is 0.385. The number of amides is 4. The van der Waals surface area contributed by atoms with E-state index in [9.17, 15) is 18.8 Å². The van der Waals surface area contributed by atoms with Crippen LogP contribution in [0.3, 0.4) is 0 Å². The number of hydrogen-bond donors (Lipinski definition) is 1. The highest BCUT2D eigenvalue weighted by molar-refractivity contribution is 6.09. The molecule has 33 heavy (non-hydrogen) atoms. The van der Waals surface area contributed by atoms with Gasteiger partial charge in [0, 0.05) is 7.05 Å². The number of halogens is 1. The molecule has 7 heteroatoms. The van der Waals surface area contributed by atoms with Crippen molar-refractivity contribution in [2.45, 2.75) is 18.5 Å². The van der Waals surface area contributed by atoms with Gasteiger partial charge in [-0.2, -0.15) is 0 Å². The van der Waals surface area contributed by atoms with Gasteiger partial charge in [-0.15, -0.1) is 0 Å². The lowest BCUT2D eigenvalue weighted by molar-refractivity contribution is -0.139. The molecule has 3 aromatic rings. The Balaban J connectivity index is 1.58. The van der Waals surface area contributed by atoms with Gasteiger partial charge in [-0.25, -0.2) is 9.18 Å². The molecule has 1 fully saturated rings. The molecule has 4 rings (SSSR count). The minimum Gasteiger partial charge on any atom is -0.333 e. The van der Waals surface area contributed by atoms with Gasteiger partial charge in [0.2, 0.25) is 5.91 Å². The van der Waals surface area contributed by atoms with E-state index in [1.165, 1.54) is 24.3 Å². The largest absolute Gasteiger partial charge is 0.333 e. The smallest absolute Gasteiger partial charge is 0.325 e. The summed E-state index contributed by atoms with van der Waals surface area (Å²) in [6, 6.07) is 23.4. The third-order valence-electron chi connectivity index (χ3n) is 6.00. The lowest BCUT2D eigenvalue weighted by atomic mass is 9.92. The predicted molar refractivity (Wildman–Crippen MR) is 121 cm³/mol. The van der Waals surface area contributed by atoms with Crippen LogP contribution in [-0.2, 0) is 15.1 Å². The fourth-order valence-electron chi connectivity index (χ4n) is 4.12. The summed E-state index contributed by atoms with van der Waals surface area (Å²) in [5.41, 5.74) is 0.889. The molecule has 6 nitrogen and oxygen atoms in total. The van der Waals surface area contributed by atoms with Gasteiger partial charge in [0.15, 0.2) is 0 Å². The fourth-order valence-corrected chi connectivity index (χ4v) is 4.12. The molecule has 1 N–H and O–H groups in total. The molecule has 0 spiro atoms. The molecule has 1 unspecified atom stereocenters. The van der Waals surface area contributed by atoms with Crippen molar-refractivity contribution in [3.05, 3.63) is 107 Å². The fraction of sp³-hybridized carbons (Fsp3) is 0.192. The molecule has 0 aliphatic carbocycles. The van der Waals surface area contributed by atoms with Gasteiger partial charge in [0.1, 0.15) is 17.9 Å². The van der Waals surface area contributed by atoms with Crippen molar-refractivity contribution in [1.29, 1.82) is 0 Å². The van der Waals surface area contributed by atoms with Crippen molar-refractivity contribution >= 4 is 17.8 Å². The Morgan fingerprint density at radius 2 is 1.45 bits per heavy atom. The first-order chi connectivity index (χ1) is 15.8. The molecule has 4 amide bonds. The van der Waals surface area contributed by atoms with E-state index in [2.05, 4.69) is 5.32 Å². The second-order valence-electron chi connectivity index (χ2n) is 8.18. The number of rotatable bonds is 6. The van der Waals surface area contributed by atoms with Crippen molar-refractivity contribution in [1.82, 2.24) is 15.1 Å². The zero-order valence-corrected chi connectivity index (χ0v) is 18.4. The topological polar surface area (TPSA) is 69.7 Å². The molecule has 0 bridgehead atoms. The molecule has 1 atom stereocenters. The van der Waals surface area contributed by atoms with Gasteiger partial charge >= 0.3 is 6.03 Å². The Labute approximate surface area is 191 Å². The number of likely N-dealkylation sites (N-methyl/N-ethyl adjacent to an activating group) is 1. The van der Waals surface area contributed by atoms with Crippen LogP contribution in [0.15, 0.2) is 84.9 Å². The number of carbonyl (C=O) groups excluding carboxylic acids is 3. The molecule has 3 aromatic carbocycles. The van der Waals surface area contributed by atoms with E-state index in [1.54, 1.807) is 18.9 Å². The van der Waals surface area contributed by atoms with Crippen LogP contribution in [0.5, 0.6) is 0 Å². The monoisotopic (exact) mass is 445 g/mol. The molecular weight excluding hydrogens is 421 g/mol. The van der Waals surface area contributed by atoms with Crippen LogP contribution < -0.4 is 5.32 Å². The summed E-state index contributed by atoms with van der Waals surface area (Å²) >= 11 is 0. The lowest BCUT2D eigenvalue weighted by Gasteiger charge is -2.30. The first-order valence-electron chi connectivity index (χ1n) is 10.6. The van der Waals surface area contributed by atoms with E-state index in [1.807, 2.05) is 60.7 Å². The molecule has 1 aliphatic heterocycles. The van der Waals surface area contributed by atoms with Crippen LogP contribution in [0.25, 0.3) is 0 Å². The van der Waals surface area contributed by atoms with Gasteiger partial charge in [0.05, 0.1) is 6.04 Å².